The Labute approximate surface area is 168 Å². The van der Waals surface area contributed by atoms with Crippen molar-refractivity contribution in [1.29, 1.82) is 0 Å². The molecule has 1 aromatic heterocycles. The van der Waals surface area contributed by atoms with Crippen LogP contribution >= 0.6 is 11.8 Å². The van der Waals surface area contributed by atoms with Crippen LogP contribution in [0.15, 0.2) is 59.8 Å². The van der Waals surface area contributed by atoms with Crippen LogP contribution in [-0.4, -0.2) is 34.2 Å². The number of nitrogens with one attached hydrogen (secondary N) is 1. The minimum absolute atomic E-state index is 0.0922. The monoisotopic (exact) mass is 390 g/mol. The predicted molar refractivity (Wildman–Crippen MR) is 113 cm³/mol. The van der Waals surface area contributed by atoms with E-state index in [1.165, 1.54) is 10.5 Å². The van der Waals surface area contributed by atoms with Gasteiger partial charge in [0, 0.05) is 22.6 Å². The summed E-state index contributed by atoms with van der Waals surface area (Å²) in [5.74, 6) is 2.00. The second kappa shape index (κ2) is 7.43. The van der Waals surface area contributed by atoms with E-state index in [0.717, 1.165) is 48.3 Å². The number of fused-ring (bicyclic) bond motifs is 2. The van der Waals surface area contributed by atoms with Gasteiger partial charge in [0.2, 0.25) is 5.91 Å². The summed E-state index contributed by atoms with van der Waals surface area (Å²) in [6.45, 7) is 0.843. The summed E-state index contributed by atoms with van der Waals surface area (Å²) in [6, 6.07) is 16.3. The number of aromatic nitrogens is 2. The van der Waals surface area contributed by atoms with Crippen LogP contribution in [0.5, 0.6) is 0 Å². The lowest BCUT2D eigenvalue weighted by atomic mass is 10.0. The van der Waals surface area contributed by atoms with Gasteiger partial charge in [-0.2, -0.15) is 0 Å². The lowest BCUT2D eigenvalue weighted by Gasteiger charge is -2.30. The largest absolute Gasteiger partial charge is 0.347 e. The number of hydrogen-bond acceptors (Lipinski definition) is 5. The van der Waals surface area contributed by atoms with Crippen LogP contribution in [0.4, 0.5) is 5.82 Å². The Balaban J connectivity index is 1.41. The molecule has 2 aromatic carbocycles. The summed E-state index contributed by atoms with van der Waals surface area (Å²) in [6.07, 6.45) is 4.41. The Morgan fingerprint density at radius 3 is 2.89 bits per heavy atom. The Kier molecular flexibility index (Phi) is 4.64. The Hall–Kier alpha value is -2.60. The molecule has 0 saturated carbocycles. The average molecular weight is 391 g/mol. The van der Waals surface area contributed by atoms with E-state index in [1.54, 1.807) is 6.33 Å². The fraction of sp³-hybridized carbons (Fsp3) is 0.318. The summed E-state index contributed by atoms with van der Waals surface area (Å²) in [7, 11) is 0. The number of hydrogen-bond donors (Lipinski definition) is 1. The zero-order valence-electron chi connectivity index (χ0n) is 15.5. The molecule has 28 heavy (non-hydrogen) atoms. The standard InChI is InChI=1S/C22H22N4OS/c27-22(25-18-11-13-28-20-10-4-2-6-15(18)20)19-9-5-12-26(19)21-16-7-1-3-8-17(16)23-14-24-21/h1-4,6-8,10,14,18-19H,5,9,11-13H2,(H,25,27)/t18-,19+/m0/s1. The summed E-state index contributed by atoms with van der Waals surface area (Å²) in [4.78, 5) is 25.6. The third-order valence-electron chi connectivity index (χ3n) is 5.62. The van der Waals surface area contributed by atoms with Crippen molar-refractivity contribution in [1.82, 2.24) is 15.3 Å². The van der Waals surface area contributed by atoms with Crippen LogP contribution in [0.2, 0.25) is 0 Å². The molecular formula is C22H22N4OS. The summed E-state index contributed by atoms with van der Waals surface area (Å²) >= 11 is 1.87. The van der Waals surface area contributed by atoms with Gasteiger partial charge in [0.1, 0.15) is 18.2 Å². The van der Waals surface area contributed by atoms with E-state index >= 15 is 0 Å². The van der Waals surface area contributed by atoms with Crippen molar-refractivity contribution in [3.63, 3.8) is 0 Å². The van der Waals surface area contributed by atoms with Crippen molar-refractivity contribution in [2.24, 2.45) is 0 Å². The highest BCUT2D eigenvalue weighted by Crippen LogP contribution is 2.36. The first-order chi connectivity index (χ1) is 13.8. The molecular weight excluding hydrogens is 368 g/mol. The van der Waals surface area contributed by atoms with Gasteiger partial charge in [-0.3, -0.25) is 4.79 Å². The van der Waals surface area contributed by atoms with E-state index in [4.69, 9.17) is 0 Å². The number of amides is 1. The summed E-state index contributed by atoms with van der Waals surface area (Å²) in [5, 5.41) is 4.33. The second-order valence-electron chi connectivity index (χ2n) is 7.30. The van der Waals surface area contributed by atoms with Gasteiger partial charge in [-0.1, -0.05) is 30.3 Å². The molecule has 5 nitrogen and oxygen atoms in total. The number of rotatable bonds is 3. The molecule has 1 amide bonds. The normalized spacial score (nSPS) is 21.5. The van der Waals surface area contributed by atoms with Crippen LogP contribution in [0.1, 0.15) is 30.9 Å². The van der Waals surface area contributed by atoms with Gasteiger partial charge in [-0.25, -0.2) is 9.97 Å². The van der Waals surface area contributed by atoms with Gasteiger partial charge in [0.25, 0.3) is 0 Å². The Morgan fingerprint density at radius 2 is 1.93 bits per heavy atom. The number of anilines is 1. The summed E-state index contributed by atoms with van der Waals surface area (Å²) in [5.41, 5.74) is 2.15. The fourth-order valence-electron chi connectivity index (χ4n) is 4.27. The number of carbonyl (C=O) groups is 1. The Morgan fingerprint density at radius 1 is 1.07 bits per heavy atom. The molecule has 2 atom stereocenters. The summed E-state index contributed by atoms with van der Waals surface area (Å²) < 4.78 is 0. The number of benzene rings is 2. The molecule has 1 fully saturated rings. The first kappa shape index (κ1) is 17.5. The quantitative estimate of drug-likeness (QED) is 0.734. The molecule has 0 bridgehead atoms. The molecule has 3 aromatic rings. The van der Waals surface area contributed by atoms with Gasteiger partial charge < -0.3 is 10.2 Å². The minimum Gasteiger partial charge on any atom is -0.347 e. The maximum atomic E-state index is 13.2. The predicted octanol–water partition coefficient (Wildman–Crippen LogP) is 3.95. The molecule has 2 aliphatic rings. The van der Waals surface area contributed by atoms with Crippen molar-refractivity contribution < 1.29 is 4.79 Å². The molecule has 5 rings (SSSR count). The van der Waals surface area contributed by atoms with Crippen molar-refractivity contribution in [2.75, 3.05) is 17.2 Å². The van der Waals surface area contributed by atoms with E-state index in [2.05, 4.69) is 44.5 Å². The van der Waals surface area contributed by atoms with E-state index in [-0.39, 0.29) is 18.0 Å². The molecule has 0 aliphatic carbocycles. The van der Waals surface area contributed by atoms with E-state index in [1.807, 2.05) is 36.0 Å². The average Bonchev–Trinajstić information content (AvgIpc) is 3.23. The number of thioether (sulfide) groups is 1. The van der Waals surface area contributed by atoms with E-state index in [9.17, 15) is 4.79 Å². The van der Waals surface area contributed by atoms with Crippen LogP contribution in [0.25, 0.3) is 10.9 Å². The zero-order chi connectivity index (χ0) is 18.9. The molecule has 0 radical (unpaired) electrons. The van der Waals surface area contributed by atoms with Gasteiger partial charge in [0.15, 0.2) is 0 Å². The molecule has 1 N–H and O–H groups in total. The van der Waals surface area contributed by atoms with Gasteiger partial charge in [-0.15, -0.1) is 11.8 Å². The maximum absolute atomic E-state index is 13.2. The minimum atomic E-state index is -0.181. The van der Waals surface area contributed by atoms with Crippen molar-refractivity contribution in [3.05, 3.63) is 60.4 Å². The third kappa shape index (κ3) is 3.11. The molecule has 0 spiro atoms. The maximum Gasteiger partial charge on any atom is 0.243 e. The zero-order valence-corrected chi connectivity index (χ0v) is 16.4. The first-order valence-corrected chi connectivity index (χ1v) is 10.8. The van der Waals surface area contributed by atoms with E-state index < -0.39 is 0 Å². The highest BCUT2D eigenvalue weighted by atomic mass is 32.2. The smallest absolute Gasteiger partial charge is 0.243 e. The third-order valence-corrected chi connectivity index (χ3v) is 6.75. The van der Waals surface area contributed by atoms with Crippen LogP contribution in [-0.2, 0) is 4.79 Å². The number of carbonyl (C=O) groups excluding carboxylic acids is 1. The van der Waals surface area contributed by atoms with Gasteiger partial charge >= 0.3 is 0 Å². The molecule has 0 unspecified atom stereocenters. The fourth-order valence-corrected chi connectivity index (χ4v) is 5.40. The van der Waals surface area contributed by atoms with Crippen molar-refractivity contribution >= 4 is 34.4 Å². The molecule has 6 heteroatoms. The molecule has 1 saturated heterocycles. The van der Waals surface area contributed by atoms with Crippen LogP contribution in [0.3, 0.4) is 0 Å². The van der Waals surface area contributed by atoms with Crippen LogP contribution in [0, 0.1) is 0 Å². The van der Waals surface area contributed by atoms with Crippen LogP contribution < -0.4 is 10.2 Å². The van der Waals surface area contributed by atoms with Crippen molar-refractivity contribution in [3.8, 4) is 0 Å². The topological polar surface area (TPSA) is 58.1 Å². The highest BCUT2D eigenvalue weighted by Gasteiger charge is 2.34. The molecule has 142 valence electrons. The number of nitrogens with zero attached hydrogens (tertiary/aromatic N) is 3. The first-order valence-electron chi connectivity index (χ1n) is 9.80. The SMILES string of the molecule is O=C(N[C@H]1CCSc2ccccc21)[C@H]1CCCN1c1ncnc2ccccc12. The van der Waals surface area contributed by atoms with Crippen molar-refractivity contribution in [2.45, 2.75) is 36.2 Å². The van der Waals surface area contributed by atoms with Gasteiger partial charge in [0.05, 0.1) is 11.6 Å². The lowest BCUT2D eigenvalue weighted by Crippen LogP contribution is -2.45. The second-order valence-corrected chi connectivity index (χ2v) is 8.44. The number of para-hydroxylation sites is 1. The van der Waals surface area contributed by atoms with Gasteiger partial charge in [-0.05, 0) is 43.0 Å². The van der Waals surface area contributed by atoms with E-state index in [0.29, 0.717) is 0 Å². The highest BCUT2D eigenvalue weighted by molar-refractivity contribution is 7.99. The molecule has 2 aliphatic heterocycles. The lowest BCUT2D eigenvalue weighted by molar-refractivity contribution is -0.123. The Bertz CT molecular complexity index is 1020. The molecule has 3 heterocycles.